The molecular weight excluding hydrogens is 1240 g/mol. The zero-order chi connectivity index (χ0) is 69.5. The van der Waals surface area contributed by atoms with E-state index in [4.69, 9.17) is 32.3 Å². The number of phosphoric acid groups is 2. The van der Waals surface area contributed by atoms with Crippen molar-refractivity contribution in [3.8, 4) is 0 Å². The summed E-state index contributed by atoms with van der Waals surface area (Å²) in [7, 11) is -9.81. The average molecular weight is 1370 g/mol. The van der Waals surface area contributed by atoms with E-state index in [1.54, 1.807) is 0 Å². The maximum Gasteiger partial charge on any atom is 0.472 e. The number of aliphatic hydroxyl groups is 2. The minimum atomic E-state index is -4.95. The highest BCUT2D eigenvalue weighted by atomic mass is 31.2. The molecule has 95 heavy (non-hydrogen) atoms. The topological polar surface area (TPSA) is 231 Å². The summed E-state index contributed by atoms with van der Waals surface area (Å²) in [5.74, 6) is -1.65. The zero-order valence-corrected chi connectivity index (χ0v) is 60.3. The number of phosphoric ester groups is 2. The molecule has 0 rings (SSSR count). The molecule has 0 bridgehead atoms. The predicted molar refractivity (Wildman–Crippen MR) is 389 cm³/mol. The van der Waals surface area contributed by atoms with Crippen LogP contribution in [0.25, 0.3) is 0 Å². The number of carbonyl (C=O) groups excluding carboxylic acids is 3. The summed E-state index contributed by atoms with van der Waals surface area (Å²) in [5, 5.41) is 20.6. The first-order valence-electron chi connectivity index (χ1n) is 35.8. The summed E-state index contributed by atoms with van der Waals surface area (Å²) in [6.45, 7) is 2.24. The molecule has 0 aliphatic carbocycles. The Morgan fingerprint density at radius 1 is 0.295 bits per heavy atom. The molecule has 5 unspecified atom stereocenters. The monoisotopic (exact) mass is 1370 g/mol. The number of ether oxygens (including phenoxy) is 3. The average Bonchev–Trinajstić information content (AvgIpc) is 2.24. The standard InChI is InChI=1S/C77H126O16P2/c1-4-7-10-13-16-19-22-25-28-30-32-33-34-35-36-37-39-41-43-45-48-51-54-57-60-63-75(80)87-66-72(78)67-89-94(83,84)90-68-73(79)69-91-95(85,86)92-71-74(93-77(82)65-62-59-56-53-50-47-42-27-24-21-18-15-12-9-6-3)70-88-76(81)64-61-58-55-52-49-46-44-40-38-31-29-26-23-20-17-14-11-8-5-2/h7-12,16-21,25-29,32-33,35-36,38,40,42,46,49,72-74,78-79H,4-6,13-15,22-24,30-31,34,37,39,41,43-45,47-48,50-71H2,1-3H3,(H,83,84)(H,85,86)/b10-7-,11-8-,12-9-,19-16-,20-17-,21-18-,28-25-,29-26-,33-32-,36-35-,40-38-,42-27-,49-46-. The quantitative estimate of drug-likeness (QED) is 0.0146. The lowest BCUT2D eigenvalue weighted by atomic mass is 10.1. The summed E-state index contributed by atoms with van der Waals surface area (Å²) in [6.07, 6.45) is 84.4. The van der Waals surface area contributed by atoms with E-state index in [0.29, 0.717) is 19.3 Å². The SMILES string of the molecule is CC/C=C\C/C=C\C/C=C\C/C=C\C/C=C\CCCCCCCCCCCC(=O)OCC(O)COP(=O)(O)OCC(O)COP(=O)(O)OCC(COC(=O)CCCCC/C=C\C/C=C\C/C=C\C/C=C\C/C=C\CC)OC(=O)CCCCCCC/C=C\C/C=C\C/C=C\CC. The van der Waals surface area contributed by atoms with Crippen LogP contribution in [0.1, 0.15) is 252 Å². The van der Waals surface area contributed by atoms with Gasteiger partial charge in [0.25, 0.3) is 0 Å². The third-order valence-corrected chi connectivity index (χ3v) is 16.1. The van der Waals surface area contributed by atoms with Crippen LogP contribution in [-0.2, 0) is 55.8 Å². The van der Waals surface area contributed by atoms with Crippen LogP contribution in [0.5, 0.6) is 0 Å². The number of hydrogen-bond donors (Lipinski definition) is 4. The molecule has 0 aromatic rings. The normalized spacial score (nSPS) is 15.1. The summed E-state index contributed by atoms with van der Waals surface area (Å²) < 4.78 is 60.9. The number of allylic oxidation sites excluding steroid dienone is 26. The third kappa shape index (κ3) is 70.3. The van der Waals surface area contributed by atoms with E-state index >= 15 is 0 Å². The lowest BCUT2D eigenvalue weighted by Crippen LogP contribution is -2.30. The summed E-state index contributed by atoms with van der Waals surface area (Å²) >= 11 is 0. The van der Waals surface area contributed by atoms with Crippen LogP contribution >= 0.6 is 15.6 Å². The molecule has 0 spiro atoms. The predicted octanol–water partition coefficient (Wildman–Crippen LogP) is 20.3. The van der Waals surface area contributed by atoms with E-state index in [9.17, 15) is 43.5 Å². The highest BCUT2D eigenvalue weighted by Gasteiger charge is 2.29. The van der Waals surface area contributed by atoms with Gasteiger partial charge in [0.05, 0.1) is 26.4 Å². The fraction of sp³-hybridized carbons (Fsp3) is 0.623. The third-order valence-electron chi connectivity index (χ3n) is 14.2. The van der Waals surface area contributed by atoms with Gasteiger partial charge in [-0.2, -0.15) is 0 Å². The lowest BCUT2D eigenvalue weighted by Gasteiger charge is -2.21. The minimum absolute atomic E-state index is 0.0718. The van der Waals surface area contributed by atoms with Crippen LogP contribution in [0.3, 0.4) is 0 Å². The van der Waals surface area contributed by atoms with E-state index < -0.39 is 91.5 Å². The number of unbranched alkanes of at least 4 members (excludes halogenated alkanes) is 17. The van der Waals surface area contributed by atoms with E-state index in [0.717, 1.165) is 167 Å². The van der Waals surface area contributed by atoms with Crippen molar-refractivity contribution in [3.63, 3.8) is 0 Å². The zero-order valence-electron chi connectivity index (χ0n) is 58.5. The van der Waals surface area contributed by atoms with Crippen LogP contribution in [0.4, 0.5) is 0 Å². The van der Waals surface area contributed by atoms with Crippen molar-refractivity contribution in [1.29, 1.82) is 0 Å². The number of hydrogen-bond acceptors (Lipinski definition) is 14. The Bertz CT molecular complexity index is 2360. The van der Waals surface area contributed by atoms with Gasteiger partial charge < -0.3 is 34.2 Å². The number of rotatable bonds is 66. The van der Waals surface area contributed by atoms with Crippen LogP contribution < -0.4 is 0 Å². The Morgan fingerprint density at radius 2 is 0.526 bits per heavy atom. The molecule has 0 aromatic heterocycles. The molecule has 18 heteroatoms. The maximum atomic E-state index is 12.9. The molecule has 0 aromatic carbocycles. The van der Waals surface area contributed by atoms with E-state index in [-0.39, 0.29) is 19.3 Å². The van der Waals surface area contributed by atoms with E-state index in [1.807, 2.05) is 0 Å². The van der Waals surface area contributed by atoms with Crippen molar-refractivity contribution < 1.29 is 75.8 Å². The largest absolute Gasteiger partial charge is 0.472 e. The van der Waals surface area contributed by atoms with Crippen molar-refractivity contribution in [2.24, 2.45) is 0 Å². The van der Waals surface area contributed by atoms with Gasteiger partial charge in [-0.1, -0.05) is 249 Å². The Morgan fingerprint density at radius 3 is 0.842 bits per heavy atom. The number of carbonyl (C=O) groups is 3. The first-order chi connectivity index (χ1) is 46.2. The van der Waals surface area contributed by atoms with Crippen LogP contribution in [-0.4, -0.2) is 95.9 Å². The highest BCUT2D eigenvalue weighted by Crippen LogP contribution is 2.45. The summed E-state index contributed by atoms with van der Waals surface area (Å²) in [6, 6.07) is 0. The van der Waals surface area contributed by atoms with E-state index in [2.05, 4.69) is 179 Å². The van der Waals surface area contributed by atoms with Crippen LogP contribution in [0.15, 0.2) is 158 Å². The first kappa shape index (κ1) is 90.2. The van der Waals surface area contributed by atoms with Gasteiger partial charge in [0.2, 0.25) is 0 Å². The molecule has 16 nitrogen and oxygen atoms in total. The molecule has 0 saturated heterocycles. The Kier molecular flexibility index (Phi) is 65.6. The molecule has 5 atom stereocenters. The fourth-order valence-corrected chi connectivity index (χ4v) is 10.5. The molecule has 0 amide bonds. The first-order valence-corrected chi connectivity index (χ1v) is 38.8. The van der Waals surface area contributed by atoms with Gasteiger partial charge in [0.15, 0.2) is 6.10 Å². The smallest absolute Gasteiger partial charge is 0.463 e. The van der Waals surface area contributed by atoms with Crippen molar-refractivity contribution in [1.82, 2.24) is 0 Å². The van der Waals surface area contributed by atoms with Gasteiger partial charge in [-0.05, 0) is 141 Å². The van der Waals surface area contributed by atoms with Crippen LogP contribution in [0, 0.1) is 0 Å². The fourth-order valence-electron chi connectivity index (χ4n) is 8.87. The number of esters is 3. The Labute approximate surface area is 574 Å². The molecule has 0 saturated carbocycles. The Balaban J connectivity index is 4.65. The van der Waals surface area contributed by atoms with Gasteiger partial charge in [-0.15, -0.1) is 0 Å². The van der Waals surface area contributed by atoms with Gasteiger partial charge in [-0.25, -0.2) is 9.13 Å². The summed E-state index contributed by atoms with van der Waals surface area (Å²) in [4.78, 5) is 58.5. The Hall–Kier alpha value is -4.83. The minimum Gasteiger partial charge on any atom is -0.463 e. The summed E-state index contributed by atoms with van der Waals surface area (Å²) in [5.41, 5.74) is 0. The van der Waals surface area contributed by atoms with E-state index in [1.165, 1.54) is 25.7 Å². The molecule has 0 aliphatic rings. The molecule has 0 radical (unpaired) electrons. The van der Waals surface area contributed by atoms with Gasteiger partial charge in [0.1, 0.15) is 25.4 Å². The molecular formula is C77H126O16P2. The molecule has 540 valence electrons. The van der Waals surface area contributed by atoms with Crippen molar-refractivity contribution >= 4 is 33.6 Å². The van der Waals surface area contributed by atoms with Gasteiger partial charge in [-0.3, -0.25) is 32.5 Å². The second kappa shape index (κ2) is 69.1. The van der Waals surface area contributed by atoms with Crippen molar-refractivity contribution in [2.45, 2.75) is 270 Å². The molecule has 0 heterocycles. The molecule has 0 fully saturated rings. The second-order valence-electron chi connectivity index (χ2n) is 23.2. The van der Waals surface area contributed by atoms with Crippen molar-refractivity contribution in [3.05, 3.63) is 158 Å². The van der Waals surface area contributed by atoms with Gasteiger partial charge in [0, 0.05) is 19.3 Å². The lowest BCUT2D eigenvalue weighted by molar-refractivity contribution is -0.161. The molecule has 0 aliphatic heterocycles. The van der Waals surface area contributed by atoms with Crippen LogP contribution in [0.2, 0.25) is 0 Å². The molecule has 4 N–H and O–H groups in total. The van der Waals surface area contributed by atoms with Gasteiger partial charge >= 0.3 is 33.6 Å². The maximum absolute atomic E-state index is 12.9. The number of aliphatic hydroxyl groups excluding tert-OH is 2. The second-order valence-corrected chi connectivity index (χ2v) is 26.1. The van der Waals surface area contributed by atoms with Crippen molar-refractivity contribution in [2.75, 3.05) is 39.6 Å². The highest BCUT2D eigenvalue weighted by molar-refractivity contribution is 7.47.